The van der Waals surface area contributed by atoms with Gasteiger partial charge < -0.3 is 10.1 Å². The van der Waals surface area contributed by atoms with Crippen LogP contribution in [0.2, 0.25) is 0 Å². The lowest BCUT2D eigenvalue weighted by Crippen LogP contribution is -2.26. The SMILES string of the molecule is COc1cc(NC(C)(C)C)ncc1F. The van der Waals surface area contributed by atoms with Crippen LogP contribution in [-0.4, -0.2) is 17.6 Å². The summed E-state index contributed by atoms with van der Waals surface area (Å²) in [5.41, 5.74) is -0.101. The fraction of sp³-hybridized carbons (Fsp3) is 0.500. The number of pyridine rings is 1. The molecule has 1 aromatic rings. The third-order valence-electron chi connectivity index (χ3n) is 1.54. The Morgan fingerprint density at radius 3 is 2.57 bits per heavy atom. The number of nitrogens with zero attached hydrogens (tertiary/aromatic N) is 1. The number of hydrogen-bond donors (Lipinski definition) is 1. The van der Waals surface area contributed by atoms with E-state index in [2.05, 4.69) is 10.3 Å². The number of halogens is 1. The number of hydrogen-bond acceptors (Lipinski definition) is 3. The zero-order valence-corrected chi connectivity index (χ0v) is 8.89. The highest BCUT2D eigenvalue weighted by molar-refractivity contribution is 5.42. The molecule has 1 heterocycles. The number of methoxy groups -OCH3 is 1. The van der Waals surface area contributed by atoms with E-state index in [-0.39, 0.29) is 11.3 Å². The molecule has 0 unspecified atom stereocenters. The second-order valence-corrected chi connectivity index (χ2v) is 4.08. The van der Waals surface area contributed by atoms with Crippen molar-refractivity contribution in [1.82, 2.24) is 4.98 Å². The maximum absolute atomic E-state index is 13.0. The zero-order valence-electron chi connectivity index (χ0n) is 8.89. The molecule has 0 atom stereocenters. The van der Waals surface area contributed by atoms with Crippen molar-refractivity contribution in [3.63, 3.8) is 0 Å². The van der Waals surface area contributed by atoms with E-state index >= 15 is 0 Å². The first-order valence-electron chi connectivity index (χ1n) is 4.40. The van der Waals surface area contributed by atoms with E-state index < -0.39 is 5.82 Å². The van der Waals surface area contributed by atoms with Crippen LogP contribution in [-0.2, 0) is 0 Å². The van der Waals surface area contributed by atoms with Gasteiger partial charge in [0, 0.05) is 11.6 Å². The largest absolute Gasteiger partial charge is 0.493 e. The van der Waals surface area contributed by atoms with Gasteiger partial charge in [-0.05, 0) is 20.8 Å². The highest BCUT2D eigenvalue weighted by Gasteiger charge is 2.12. The second-order valence-electron chi connectivity index (χ2n) is 4.08. The Morgan fingerprint density at radius 1 is 1.43 bits per heavy atom. The molecule has 0 radical (unpaired) electrons. The van der Waals surface area contributed by atoms with E-state index in [9.17, 15) is 4.39 Å². The van der Waals surface area contributed by atoms with Crippen LogP contribution in [0.1, 0.15) is 20.8 Å². The van der Waals surface area contributed by atoms with Gasteiger partial charge in [-0.1, -0.05) is 0 Å². The van der Waals surface area contributed by atoms with Crippen LogP contribution in [0.4, 0.5) is 10.2 Å². The quantitative estimate of drug-likeness (QED) is 0.792. The Bertz CT molecular complexity index is 320. The standard InChI is InChI=1S/C10H15FN2O/c1-10(2,3)13-9-5-8(14-4)7(11)6-12-9/h5-6H,1-4H3,(H,12,13). The Labute approximate surface area is 83.3 Å². The van der Waals surface area contributed by atoms with Gasteiger partial charge in [-0.25, -0.2) is 9.37 Å². The van der Waals surface area contributed by atoms with Crippen molar-refractivity contribution < 1.29 is 9.13 Å². The molecule has 0 aliphatic rings. The lowest BCUT2D eigenvalue weighted by Gasteiger charge is -2.21. The Kier molecular flexibility index (Phi) is 2.93. The number of aromatic nitrogens is 1. The van der Waals surface area contributed by atoms with E-state index in [1.54, 1.807) is 6.07 Å². The van der Waals surface area contributed by atoms with Crippen LogP contribution in [0.5, 0.6) is 5.75 Å². The van der Waals surface area contributed by atoms with E-state index in [0.717, 1.165) is 6.20 Å². The topological polar surface area (TPSA) is 34.1 Å². The van der Waals surface area contributed by atoms with E-state index in [1.807, 2.05) is 20.8 Å². The predicted octanol–water partition coefficient (Wildman–Crippen LogP) is 2.44. The molecule has 0 aliphatic heterocycles. The lowest BCUT2D eigenvalue weighted by atomic mass is 10.1. The number of rotatable bonds is 2. The lowest BCUT2D eigenvalue weighted by molar-refractivity contribution is 0.385. The smallest absolute Gasteiger partial charge is 0.183 e. The molecular weight excluding hydrogens is 183 g/mol. The molecular formula is C10H15FN2O. The summed E-state index contributed by atoms with van der Waals surface area (Å²) in [5.74, 6) is 0.356. The van der Waals surface area contributed by atoms with Crippen molar-refractivity contribution >= 4 is 5.82 Å². The maximum Gasteiger partial charge on any atom is 0.183 e. The van der Waals surface area contributed by atoms with Crippen LogP contribution >= 0.6 is 0 Å². The first kappa shape index (κ1) is 10.8. The molecule has 1 aromatic heterocycles. The summed E-state index contributed by atoms with van der Waals surface area (Å²) in [6, 6.07) is 1.54. The van der Waals surface area contributed by atoms with Gasteiger partial charge in [0.25, 0.3) is 0 Å². The van der Waals surface area contributed by atoms with E-state index in [1.165, 1.54) is 7.11 Å². The molecule has 0 saturated heterocycles. The molecule has 0 saturated carbocycles. The Hall–Kier alpha value is -1.32. The summed E-state index contributed by atoms with van der Waals surface area (Å²) in [6.07, 6.45) is 1.15. The van der Waals surface area contributed by atoms with Crippen molar-refractivity contribution in [1.29, 1.82) is 0 Å². The molecule has 4 heteroatoms. The van der Waals surface area contributed by atoms with Crippen LogP contribution < -0.4 is 10.1 Å². The van der Waals surface area contributed by atoms with Crippen LogP contribution in [0, 0.1) is 5.82 Å². The summed E-state index contributed by atoms with van der Waals surface area (Å²) in [6.45, 7) is 6.01. The molecule has 0 aromatic carbocycles. The van der Waals surface area contributed by atoms with Crippen LogP contribution in [0.25, 0.3) is 0 Å². The van der Waals surface area contributed by atoms with Gasteiger partial charge in [-0.2, -0.15) is 0 Å². The van der Waals surface area contributed by atoms with Gasteiger partial charge in [-0.3, -0.25) is 0 Å². The molecule has 78 valence electrons. The minimum atomic E-state index is -0.452. The van der Waals surface area contributed by atoms with Crippen molar-refractivity contribution in [2.75, 3.05) is 12.4 Å². The van der Waals surface area contributed by atoms with Crippen LogP contribution in [0.3, 0.4) is 0 Å². The summed E-state index contributed by atoms with van der Waals surface area (Å²) < 4.78 is 17.8. The maximum atomic E-state index is 13.0. The normalized spacial score (nSPS) is 11.2. The third-order valence-corrected chi connectivity index (χ3v) is 1.54. The van der Waals surface area contributed by atoms with Crippen LogP contribution in [0.15, 0.2) is 12.3 Å². The number of anilines is 1. The minimum absolute atomic E-state index is 0.101. The van der Waals surface area contributed by atoms with E-state index in [0.29, 0.717) is 5.82 Å². The average Bonchev–Trinajstić information content (AvgIpc) is 2.06. The molecule has 3 nitrogen and oxygen atoms in total. The van der Waals surface area contributed by atoms with Gasteiger partial charge in [0.1, 0.15) is 5.82 Å². The molecule has 0 aliphatic carbocycles. The van der Waals surface area contributed by atoms with Crippen molar-refractivity contribution in [2.45, 2.75) is 26.3 Å². The second kappa shape index (κ2) is 3.82. The van der Waals surface area contributed by atoms with Gasteiger partial charge in [0.05, 0.1) is 13.3 Å². The number of nitrogens with one attached hydrogen (secondary N) is 1. The van der Waals surface area contributed by atoms with E-state index in [4.69, 9.17) is 4.74 Å². The molecule has 0 fully saturated rings. The molecule has 0 bridgehead atoms. The van der Waals surface area contributed by atoms with Gasteiger partial charge in [0.15, 0.2) is 11.6 Å². The van der Waals surface area contributed by atoms with Crippen molar-refractivity contribution in [3.05, 3.63) is 18.1 Å². The highest BCUT2D eigenvalue weighted by Crippen LogP contribution is 2.20. The summed E-state index contributed by atoms with van der Waals surface area (Å²) >= 11 is 0. The molecule has 0 spiro atoms. The first-order chi connectivity index (χ1) is 6.42. The fourth-order valence-electron chi connectivity index (χ4n) is 1.03. The molecule has 14 heavy (non-hydrogen) atoms. The van der Waals surface area contributed by atoms with Crippen molar-refractivity contribution in [2.24, 2.45) is 0 Å². The van der Waals surface area contributed by atoms with Gasteiger partial charge in [-0.15, -0.1) is 0 Å². The third kappa shape index (κ3) is 2.87. The Morgan fingerprint density at radius 2 is 2.07 bits per heavy atom. The highest BCUT2D eigenvalue weighted by atomic mass is 19.1. The predicted molar refractivity (Wildman–Crippen MR) is 54.1 cm³/mol. The zero-order chi connectivity index (χ0) is 10.8. The summed E-state index contributed by atoms with van der Waals surface area (Å²) in [4.78, 5) is 3.91. The summed E-state index contributed by atoms with van der Waals surface area (Å²) in [7, 11) is 1.43. The minimum Gasteiger partial charge on any atom is -0.493 e. The first-order valence-corrected chi connectivity index (χ1v) is 4.40. The average molecular weight is 198 g/mol. The van der Waals surface area contributed by atoms with Gasteiger partial charge >= 0.3 is 0 Å². The fourth-order valence-corrected chi connectivity index (χ4v) is 1.03. The van der Waals surface area contributed by atoms with Gasteiger partial charge in [0.2, 0.25) is 0 Å². The molecule has 1 rings (SSSR count). The monoisotopic (exact) mass is 198 g/mol. The number of ether oxygens (including phenoxy) is 1. The van der Waals surface area contributed by atoms with Crippen molar-refractivity contribution in [3.8, 4) is 5.75 Å². The summed E-state index contributed by atoms with van der Waals surface area (Å²) in [5, 5.41) is 3.13. The molecule has 1 N–H and O–H groups in total. The Balaban J connectivity index is 2.90. The molecule has 0 amide bonds.